The second-order valence-corrected chi connectivity index (χ2v) is 4.10. The molecule has 0 aliphatic carbocycles. The maximum Gasteiger partial charge on any atom is 0.282 e. The molecule has 1 aromatic heterocycles. The van der Waals surface area contributed by atoms with E-state index in [1.807, 2.05) is 11.0 Å². The first-order valence-electron chi connectivity index (χ1n) is 5.72. The largest absolute Gasteiger partial charge is 0.462 e. The molecule has 3 heterocycles. The number of nitrogens with one attached hydrogen (secondary N) is 2. The Kier molecular flexibility index (Phi) is 2.66. The zero-order chi connectivity index (χ0) is 11.7. The van der Waals surface area contributed by atoms with Crippen molar-refractivity contribution >= 4 is 11.7 Å². The molecule has 6 heteroatoms. The Morgan fingerprint density at radius 3 is 3.06 bits per heavy atom. The molecule has 17 heavy (non-hydrogen) atoms. The Balaban J connectivity index is 1.81. The number of ether oxygens (including phenoxy) is 1. The summed E-state index contributed by atoms with van der Waals surface area (Å²) in [5.74, 6) is 0.998. The predicted molar refractivity (Wildman–Crippen MR) is 61.7 cm³/mol. The lowest BCUT2D eigenvalue weighted by molar-refractivity contribution is -0.132. The van der Waals surface area contributed by atoms with Crippen LogP contribution in [0.1, 0.15) is 0 Å². The van der Waals surface area contributed by atoms with Crippen molar-refractivity contribution in [3.05, 3.63) is 18.3 Å². The lowest BCUT2D eigenvalue weighted by atomic mass is 10.3. The molecule has 90 valence electrons. The summed E-state index contributed by atoms with van der Waals surface area (Å²) >= 11 is 0. The van der Waals surface area contributed by atoms with Crippen molar-refractivity contribution in [2.24, 2.45) is 0 Å². The molecule has 1 amide bonds. The fourth-order valence-electron chi connectivity index (χ4n) is 2.09. The summed E-state index contributed by atoms with van der Waals surface area (Å²) < 4.78 is 5.71. The monoisotopic (exact) mass is 234 g/mol. The smallest absolute Gasteiger partial charge is 0.282 e. The van der Waals surface area contributed by atoms with Gasteiger partial charge in [-0.15, -0.1) is 0 Å². The Morgan fingerprint density at radius 2 is 2.24 bits per heavy atom. The quantitative estimate of drug-likeness (QED) is 0.695. The number of pyridine rings is 1. The van der Waals surface area contributed by atoms with Crippen LogP contribution < -0.4 is 15.4 Å². The average molecular weight is 234 g/mol. The van der Waals surface area contributed by atoms with E-state index in [4.69, 9.17) is 4.74 Å². The Morgan fingerprint density at radius 1 is 1.41 bits per heavy atom. The number of carbonyl (C=O) groups is 1. The van der Waals surface area contributed by atoms with Crippen LogP contribution in [-0.4, -0.2) is 48.2 Å². The van der Waals surface area contributed by atoms with Gasteiger partial charge in [0.25, 0.3) is 5.91 Å². The lowest BCUT2D eigenvalue weighted by Crippen LogP contribution is -2.56. The molecule has 1 aromatic rings. The fourth-order valence-corrected chi connectivity index (χ4v) is 2.09. The second kappa shape index (κ2) is 4.31. The molecule has 0 radical (unpaired) electrons. The van der Waals surface area contributed by atoms with E-state index in [2.05, 4.69) is 15.6 Å². The van der Waals surface area contributed by atoms with Crippen LogP contribution in [-0.2, 0) is 4.79 Å². The normalized spacial score (nSPS) is 24.7. The minimum absolute atomic E-state index is 0.141. The number of fused-ring (bicyclic) bond motifs is 1. The highest BCUT2D eigenvalue weighted by molar-refractivity contribution is 5.96. The van der Waals surface area contributed by atoms with E-state index >= 15 is 0 Å². The third kappa shape index (κ3) is 1.96. The number of carbonyl (C=O) groups excluding carboxylic acids is 1. The van der Waals surface area contributed by atoms with Crippen molar-refractivity contribution in [3.63, 3.8) is 0 Å². The molecule has 2 aliphatic rings. The highest BCUT2D eigenvalue weighted by Crippen LogP contribution is 2.27. The molecule has 6 nitrogen and oxygen atoms in total. The molecular formula is C11H14N4O2. The van der Waals surface area contributed by atoms with E-state index in [0.29, 0.717) is 11.6 Å². The number of aromatic nitrogens is 1. The van der Waals surface area contributed by atoms with Gasteiger partial charge < -0.3 is 15.4 Å². The molecule has 2 N–H and O–H groups in total. The number of anilines is 1. The van der Waals surface area contributed by atoms with Crippen LogP contribution in [0.15, 0.2) is 18.3 Å². The first-order valence-corrected chi connectivity index (χ1v) is 5.72. The SMILES string of the molecule is O=C1Nc2ncccc2OC1N1CCNCC1. The fraction of sp³-hybridized carbons (Fsp3) is 0.455. The van der Waals surface area contributed by atoms with Gasteiger partial charge in [-0.3, -0.25) is 9.69 Å². The summed E-state index contributed by atoms with van der Waals surface area (Å²) in [4.78, 5) is 18.0. The lowest BCUT2D eigenvalue weighted by Gasteiger charge is -2.35. The molecule has 0 saturated carbocycles. The van der Waals surface area contributed by atoms with Gasteiger partial charge in [-0.05, 0) is 12.1 Å². The molecule has 2 aliphatic heterocycles. The first-order chi connectivity index (χ1) is 8.34. The Bertz CT molecular complexity index is 431. The van der Waals surface area contributed by atoms with Crippen LogP contribution in [0.4, 0.5) is 5.82 Å². The molecule has 1 fully saturated rings. The molecule has 0 spiro atoms. The van der Waals surface area contributed by atoms with E-state index < -0.39 is 6.23 Å². The number of nitrogens with zero attached hydrogens (tertiary/aromatic N) is 2. The van der Waals surface area contributed by atoms with Gasteiger partial charge >= 0.3 is 0 Å². The van der Waals surface area contributed by atoms with Gasteiger partial charge in [0.2, 0.25) is 6.23 Å². The van der Waals surface area contributed by atoms with Crippen LogP contribution in [0, 0.1) is 0 Å². The van der Waals surface area contributed by atoms with Crippen molar-refractivity contribution in [1.29, 1.82) is 0 Å². The minimum atomic E-state index is -0.534. The highest BCUT2D eigenvalue weighted by Gasteiger charge is 2.33. The molecule has 0 aromatic carbocycles. The zero-order valence-electron chi connectivity index (χ0n) is 9.35. The Labute approximate surface area is 99.0 Å². The summed E-state index contributed by atoms with van der Waals surface area (Å²) in [6.07, 6.45) is 1.10. The number of piperazine rings is 1. The third-order valence-electron chi connectivity index (χ3n) is 2.96. The van der Waals surface area contributed by atoms with Crippen LogP contribution in [0.25, 0.3) is 0 Å². The van der Waals surface area contributed by atoms with Crippen LogP contribution in [0.5, 0.6) is 5.75 Å². The highest BCUT2D eigenvalue weighted by atomic mass is 16.5. The van der Waals surface area contributed by atoms with E-state index in [0.717, 1.165) is 26.2 Å². The van der Waals surface area contributed by atoms with Crippen molar-refractivity contribution in [1.82, 2.24) is 15.2 Å². The van der Waals surface area contributed by atoms with Gasteiger partial charge in [0.15, 0.2) is 11.6 Å². The van der Waals surface area contributed by atoms with Gasteiger partial charge in [-0.25, -0.2) is 4.98 Å². The van der Waals surface area contributed by atoms with Crippen LogP contribution >= 0.6 is 0 Å². The molecule has 1 unspecified atom stereocenters. The van der Waals surface area contributed by atoms with Gasteiger partial charge in [0.05, 0.1) is 0 Å². The first kappa shape index (κ1) is 10.5. The van der Waals surface area contributed by atoms with E-state index in [1.165, 1.54) is 0 Å². The molecular weight excluding hydrogens is 220 g/mol. The summed E-state index contributed by atoms with van der Waals surface area (Å²) in [5, 5.41) is 6.02. The standard InChI is InChI=1S/C11H14N4O2/c16-10-11(15-6-4-12-5-7-15)17-8-2-1-3-13-9(8)14-10/h1-3,11-12H,4-7H2,(H,13,14,16). The maximum atomic E-state index is 11.9. The third-order valence-corrected chi connectivity index (χ3v) is 2.96. The molecule has 3 rings (SSSR count). The van der Waals surface area contributed by atoms with Crippen LogP contribution in [0.2, 0.25) is 0 Å². The zero-order valence-corrected chi connectivity index (χ0v) is 9.35. The van der Waals surface area contributed by atoms with Crippen molar-refractivity contribution < 1.29 is 9.53 Å². The summed E-state index contributed by atoms with van der Waals surface area (Å²) in [7, 11) is 0. The summed E-state index contributed by atoms with van der Waals surface area (Å²) in [6.45, 7) is 3.39. The van der Waals surface area contributed by atoms with Crippen molar-refractivity contribution in [2.75, 3.05) is 31.5 Å². The van der Waals surface area contributed by atoms with E-state index in [9.17, 15) is 4.79 Å². The van der Waals surface area contributed by atoms with Crippen LogP contribution in [0.3, 0.4) is 0 Å². The average Bonchev–Trinajstić information content (AvgIpc) is 2.39. The van der Waals surface area contributed by atoms with Gasteiger partial charge in [0.1, 0.15) is 0 Å². The number of hydrogen-bond acceptors (Lipinski definition) is 5. The van der Waals surface area contributed by atoms with E-state index in [1.54, 1.807) is 12.3 Å². The number of rotatable bonds is 1. The van der Waals surface area contributed by atoms with Crippen molar-refractivity contribution in [2.45, 2.75) is 6.23 Å². The number of amides is 1. The minimum Gasteiger partial charge on any atom is -0.462 e. The topological polar surface area (TPSA) is 66.5 Å². The summed E-state index contributed by atoms with van der Waals surface area (Å²) in [5.41, 5.74) is 0. The van der Waals surface area contributed by atoms with Gasteiger partial charge in [0, 0.05) is 32.4 Å². The van der Waals surface area contributed by atoms with E-state index in [-0.39, 0.29) is 5.91 Å². The molecule has 0 bridgehead atoms. The molecule has 1 saturated heterocycles. The number of hydrogen-bond donors (Lipinski definition) is 2. The second-order valence-electron chi connectivity index (χ2n) is 4.10. The van der Waals surface area contributed by atoms with Gasteiger partial charge in [-0.2, -0.15) is 0 Å². The molecule has 1 atom stereocenters. The summed E-state index contributed by atoms with van der Waals surface area (Å²) in [6, 6.07) is 3.61. The predicted octanol–water partition coefficient (Wildman–Crippen LogP) is -0.356. The van der Waals surface area contributed by atoms with Crippen molar-refractivity contribution in [3.8, 4) is 5.75 Å². The van der Waals surface area contributed by atoms with Gasteiger partial charge in [-0.1, -0.05) is 0 Å². The maximum absolute atomic E-state index is 11.9. The Hall–Kier alpha value is -1.66.